The van der Waals surface area contributed by atoms with Gasteiger partial charge in [0, 0.05) is 19.3 Å². The molecule has 2 aliphatic heterocycles. The predicted octanol–water partition coefficient (Wildman–Crippen LogP) is 1.24. The Morgan fingerprint density at radius 1 is 1.36 bits per heavy atom. The average Bonchev–Trinajstić information content (AvgIpc) is 2.80. The summed E-state index contributed by atoms with van der Waals surface area (Å²) in [5, 5.41) is 11.7. The van der Waals surface area contributed by atoms with Gasteiger partial charge in [0.25, 0.3) is 0 Å². The first-order valence-corrected chi connectivity index (χ1v) is 8.17. The van der Waals surface area contributed by atoms with Crippen molar-refractivity contribution in [1.29, 1.82) is 0 Å². The number of likely N-dealkylation sites (N-methyl/N-ethyl adjacent to an activating group) is 1. The van der Waals surface area contributed by atoms with E-state index in [0.29, 0.717) is 18.8 Å². The number of hydrogen-bond donors (Lipinski definition) is 2. The van der Waals surface area contributed by atoms with E-state index in [1.807, 2.05) is 4.90 Å². The molecule has 134 valence electrons. The van der Waals surface area contributed by atoms with Crippen molar-refractivity contribution in [1.82, 2.24) is 9.80 Å². The van der Waals surface area contributed by atoms with Gasteiger partial charge in [0.1, 0.15) is 5.60 Å². The quantitative estimate of drug-likeness (QED) is 0.850. The molecule has 2 saturated heterocycles. The number of benzene rings is 1. The molecule has 25 heavy (non-hydrogen) atoms. The van der Waals surface area contributed by atoms with Gasteiger partial charge in [0.2, 0.25) is 5.91 Å². The zero-order valence-corrected chi connectivity index (χ0v) is 14.0. The number of nitrogens with one attached hydrogen (secondary N) is 1. The fraction of sp³-hybridized carbons (Fsp3) is 0.471. The van der Waals surface area contributed by atoms with Gasteiger partial charge in [-0.1, -0.05) is 6.07 Å². The molecule has 2 aliphatic rings. The van der Waals surface area contributed by atoms with E-state index in [9.17, 15) is 14.4 Å². The molecule has 1 unspecified atom stereocenters. The smallest absolute Gasteiger partial charge is 0.410 e. The molecule has 0 bridgehead atoms. The molecule has 2 amide bonds. The van der Waals surface area contributed by atoms with Crippen LogP contribution in [0.1, 0.15) is 23.2 Å². The van der Waals surface area contributed by atoms with Gasteiger partial charge < -0.3 is 20.1 Å². The zero-order chi connectivity index (χ0) is 18.0. The number of hydrogen-bond acceptors (Lipinski definition) is 5. The first kappa shape index (κ1) is 17.2. The van der Waals surface area contributed by atoms with Crippen LogP contribution in [0, 0.1) is 0 Å². The Hall–Kier alpha value is -2.61. The molecule has 1 aromatic carbocycles. The van der Waals surface area contributed by atoms with Crippen LogP contribution in [0.5, 0.6) is 0 Å². The number of carbonyl (C=O) groups excluding carboxylic acids is 2. The monoisotopic (exact) mass is 347 g/mol. The van der Waals surface area contributed by atoms with E-state index in [-0.39, 0.29) is 24.1 Å². The van der Waals surface area contributed by atoms with E-state index in [4.69, 9.17) is 9.84 Å². The number of likely N-dealkylation sites (tertiary alicyclic amines) is 1. The van der Waals surface area contributed by atoms with Crippen molar-refractivity contribution in [2.75, 3.05) is 38.5 Å². The van der Waals surface area contributed by atoms with E-state index in [1.165, 1.54) is 12.1 Å². The second-order valence-corrected chi connectivity index (χ2v) is 6.66. The number of carboxylic acids is 1. The third-order valence-corrected chi connectivity index (χ3v) is 4.52. The second kappa shape index (κ2) is 6.72. The van der Waals surface area contributed by atoms with E-state index < -0.39 is 11.6 Å². The molecule has 3 rings (SSSR count). The minimum Gasteiger partial charge on any atom is -0.478 e. The highest BCUT2D eigenvalue weighted by atomic mass is 16.6. The minimum absolute atomic E-state index is 0.121. The van der Waals surface area contributed by atoms with Gasteiger partial charge >= 0.3 is 12.1 Å². The van der Waals surface area contributed by atoms with Crippen molar-refractivity contribution in [3.05, 3.63) is 29.8 Å². The van der Waals surface area contributed by atoms with Crippen molar-refractivity contribution < 1.29 is 24.2 Å². The average molecular weight is 347 g/mol. The number of carboxylic acid groups (broad SMARTS) is 1. The van der Waals surface area contributed by atoms with Crippen LogP contribution in [0.15, 0.2) is 24.3 Å². The normalized spacial score (nSPS) is 23.6. The molecular formula is C17H21N3O5. The first-order chi connectivity index (χ1) is 11.9. The first-order valence-electron chi connectivity index (χ1n) is 8.17. The third-order valence-electron chi connectivity index (χ3n) is 4.52. The lowest BCUT2D eigenvalue weighted by atomic mass is 9.93. The topological polar surface area (TPSA) is 99.2 Å². The molecular weight excluding hydrogens is 326 g/mol. The molecule has 0 aliphatic carbocycles. The molecule has 0 radical (unpaired) electrons. The fourth-order valence-corrected chi connectivity index (χ4v) is 3.46. The summed E-state index contributed by atoms with van der Waals surface area (Å²) < 4.78 is 5.52. The summed E-state index contributed by atoms with van der Waals surface area (Å²) in [4.78, 5) is 38.4. The van der Waals surface area contributed by atoms with Crippen LogP contribution in [-0.4, -0.2) is 71.7 Å². The summed E-state index contributed by atoms with van der Waals surface area (Å²) in [6, 6.07) is 6.13. The Bertz CT molecular complexity index is 707. The molecule has 2 N–H and O–H groups in total. The maximum atomic E-state index is 12.3. The highest BCUT2D eigenvalue weighted by Gasteiger charge is 2.46. The van der Waals surface area contributed by atoms with Gasteiger partial charge in [-0.3, -0.25) is 9.69 Å². The van der Waals surface area contributed by atoms with Crippen LogP contribution in [0.25, 0.3) is 0 Å². The van der Waals surface area contributed by atoms with E-state index in [2.05, 4.69) is 5.32 Å². The number of carbonyl (C=O) groups is 3. The third kappa shape index (κ3) is 3.90. The number of aromatic carboxylic acids is 1. The number of piperidine rings is 1. The Labute approximate surface area is 145 Å². The van der Waals surface area contributed by atoms with Gasteiger partial charge in [-0.05, 0) is 37.6 Å². The Morgan fingerprint density at radius 2 is 2.16 bits per heavy atom. The van der Waals surface area contributed by atoms with Crippen LogP contribution in [-0.2, 0) is 9.53 Å². The number of amides is 2. The maximum absolute atomic E-state index is 12.3. The lowest BCUT2D eigenvalue weighted by Gasteiger charge is -2.37. The molecule has 2 heterocycles. The van der Waals surface area contributed by atoms with E-state index in [0.717, 1.165) is 19.4 Å². The molecule has 2 fully saturated rings. The van der Waals surface area contributed by atoms with Gasteiger partial charge in [0.05, 0.1) is 18.7 Å². The van der Waals surface area contributed by atoms with Crippen molar-refractivity contribution in [3.8, 4) is 0 Å². The van der Waals surface area contributed by atoms with Crippen LogP contribution >= 0.6 is 0 Å². The van der Waals surface area contributed by atoms with Crippen LogP contribution in [0.3, 0.4) is 0 Å². The summed E-state index contributed by atoms with van der Waals surface area (Å²) >= 11 is 0. The molecule has 0 saturated carbocycles. The predicted molar refractivity (Wildman–Crippen MR) is 89.5 cm³/mol. The zero-order valence-electron chi connectivity index (χ0n) is 14.0. The molecule has 8 nitrogen and oxygen atoms in total. The minimum atomic E-state index is -1.04. The lowest BCUT2D eigenvalue weighted by Crippen LogP contribution is -2.52. The van der Waals surface area contributed by atoms with Gasteiger partial charge in [-0.15, -0.1) is 0 Å². The van der Waals surface area contributed by atoms with E-state index in [1.54, 1.807) is 24.1 Å². The maximum Gasteiger partial charge on any atom is 0.410 e. The number of ether oxygens (including phenoxy) is 1. The van der Waals surface area contributed by atoms with Gasteiger partial charge in [0.15, 0.2) is 0 Å². The number of rotatable bonds is 4. The molecule has 1 aromatic rings. The van der Waals surface area contributed by atoms with Crippen molar-refractivity contribution in [2.24, 2.45) is 0 Å². The summed E-state index contributed by atoms with van der Waals surface area (Å²) in [5.41, 5.74) is 0.0346. The fourth-order valence-electron chi connectivity index (χ4n) is 3.46. The van der Waals surface area contributed by atoms with Crippen LogP contribution in [0.2, 0.25) is 0 Å². The summed E-state index contributed by atoms with van der Waals surface area (Å²) in [7, 11) is 1.71. The standard InChI is InChI=1S/C17H21N3O5/c1-19-10-17(25-16(19)24)6-3-7-20(11-17)9-14(21)18-13-5-2-4-12(8-13)15(22)23/h2,4-5,8H,3,6-7,9-11H2,1H3,(H,18,21)(H,22,23). The van der Waals surface area contributed by atoms with Gasteiger partial charge in [-0.25, -0.2) is 9.59 Å². The summed E-state index contributed by atoms with van der Waals surface area (Å²) in [6.07, 6.45) is 1.32. The molecule has 1 spiro atoms. The highest BCUT2D eigenvalue weighted by Crippen LogP contribution is 2.31. The summed E-state index contributed by atoms with van der Waals surface area (Å²) in [6.45, 7) is 1.97. The van der Waals surface area contributed by atoms with Gasteiger partial charge in [-0.2, -0.15) is 0 Å². The van der Waals surface area contributed by atoms with E-state index >= 15 is 0 Å². The summed E-state index contributed by atoms with van der Waals surface area (Å²) in [5.74, 6) is -1.27. The number of nitrogens with zero attached hydrogens (tertiary/aromatic N) is 2. The Kier molecular flexibility index (Phi) is 4.63. The Morgan fingerprint density at radius 3 is 2.84 bits per heavy atom. The van der Waals surface area contributed by atoms with Crippen molar-refractivity contribution in [2.45, 2.75) is 18.4 Å². The Balaban J connectivity index is 1.59. The largest absolute Gasteiger partial charge is 0.478 e. The van der Waals surface area contributed by atoms with Crippen molar-refractivity contribution >= 4 is 23.7 Å². The second-order valence-electron chi connectivity index (χ2n) is 6.66. The lowest BCUT2D eigenvalue weighted by molar-refractivity contribution is -0.118. The molecule has 0 aromatic heterocycles. The van der Waals surface area contributed by atoms with Crippen molar-refractivity contribution in [3.63, 3.8) is 0 Å². The number of anilines is 1. The molecule has 1 atom stereocenters. The molecule has 8 heteroatoms. The van der Waals surface area contributed by atoms with Crippen LogP contribution in [0.4, 0.5) is 10.5 Å². The highest BCUT2D eigenvalue weighted by molar-refractivity contribution is 5.94. The SMILES string of the molecule is CN1CC2(CCCN(CC(=O)Nc3cccc(C(=O)O)c3)C2)OC1=O. The van der Waals surface area contributed by atoms with Crippen LogP contribution < -0.4 is 5.32 Å².